The molecule has 0 fully saturated rings. The molecule has 168 valence electrons. The Kier molecular flexibility index (Phi) is 7.80. The van der Waals surface area contributed by atoms with Crippen LogP contribution in [0.5, 0.6) is 11.5 Å². The first kappa shape index (κ1) is 23.1. The van der Waals surface area contributed by atoms with Crippen LogP contribution in [-0.4, -0.2) is 31.9 Å². The number of hydrazine groups is 1. The number of carbonyl (C=O) groups excluding carboxylic acids is 3. The molecule has 33 heavy (non-hydrogen) atoms. The van der Waals surface area contributed by atoms with Gasteiger partial charge in [0, 0.05) is 11.1 Å². The second-order valence-electron chi connectivity index (χ2n) is 6.77. The lowest BCUT2D eigenvalue weighted by Crippen LogP contribution is -2.45. The molecule has 8 heteroatoms. The standard InChI is InChI=1S/C25H23N3O5/c1-32-21-14-13-17(16-22(21)33-2)15-20(26-23(29)18-9-5-3-6-10-18)25(31)28-27-24(30)19-11-7-4-8-12-19/h3-16H,1-2H3,(H,26,29)(H,27,30)(H,28,31)/b20-15+. The highest BCUT2D eigenvalue weighted by Gasteiger charge is 2.16. The Labute approximate surface area is 191 Å². The summed E-state index contributed by atoms with van der Waals surface area (Å²) in [5.74, 6) is -0.712. The van der Waals surface area contributed by atoms with Crippen molar-refractivity contribution in [3.63, 3.8) is 0 Å². The number of benzene rings is 3. The second-order valence-corrected chi connectivity index (χ2v) is 6.77. The molecule has 0 spiro atoms. The number of nitrogens with one attached hydrogen (secondary N) is 3. The number of hydrogen-bond acceptors (Lipinski definition) is 5. The van der Waals surface area contributed by atoms with E-state index in [1.807, 2.05) is 0 Å². The molecule has 0 bridgehead atoms. The molecule has 3 N–H and O–H groups in total. The van der Waals surface area contributed by atoms with Crippen LogP contribution in [0, 0.1) is 0 Å². The molecule has 0 atom stereocenters. The third-order valence-electron chi connectivity index (χ3n) is 4.57. The van der Waals surface area contributed by atoms with Crippen LogP contribution in [0.2, 0.25) is 0 Å². The van der Waals surface area contributed by atoms with Gasteiger partial charge in [-0.05, 0) is 48.0 Å². The maximum absolute atomic E-state index is 12.9. The lowest BCUT2D eigenvalue weighted by Gasteiger charge is -2.13. The molecule has 0 aliphatic carbocycles. The van der Waals surface area contributed by atoms with Crippen molar-refractivity contribution in [2.75, 3.05) is 14.2 Å². The Morgan fingerprint density at radius 3 is 1.85 bits per heavy atom. The first-order chi connectivity index (χ1) is 16.0. The minimum absolute atomic E-state index is 0.0792. The predicted molar refractivity (Wildman–Crippen MR) is 123 cm³/mol. The Balaban J connectivity index is 1.84. The van der Waals surface area contributed by atoms with Gasteiger partial charge >= 0.3 is 0 Å². The van der Waals surface area contributed by atoms with Gasteiger partial charge in [-0.25, -0.2) is 0 Å². The zero-order chi connectivity index (χ0) is 23.6. The molecular formula is C25H23N3O5. The van der Waals surface area contributed by atoms with E-state index in [1.165, 1.54) is 20.3 Å². The summed E-state index contributed by atoms with van der Waals surface area (Å²) in [6.07, 6.45) is 1.47. The Hall–Kier alpha value is -4.59. The van der Waals surface area contributed by atoms with Crippen molar-refractivity contribution >= 4 is 23.8 Å². The summed E-state index contributed by atoms with van der Waals surface area (Å²) < 4.78 is 10.5. The van der Waals surface area contributed by atoms with Gasteiger partial charge in [-0.3, -0.25) is 25.2 Å². The van der Waals surface area contributed by atoms with Crippen LogP contribution in [0.15, 0.2) is 84.6 Å². The van der Waals surface area contributed by atoms with Crippen LogP contribution < -0.4 is 25.6 Å². The third-order valence-corrected chi connectivity index (χ3v) is 4.57. The maximum atomic E-state index is 12.9. The van der Waals surface area contributed by atoms with Crippen molar-refractivity contribution in [2.45, 2.75) is 0 Å². The molecule has 0 heterocycles. The Morgan fingerprint density at radius 1 is 0.697 bits per heavy atom. The van der Waals surface area contributed by atoms with Crippen LogP contribution in [0.3, 0.4) is 0 Å². The normalized spacial score (nSPS) is 10.7. The van der Waals surface area contributed by atoms with Crippen LogP contribution in [0.25, 0.3) is 6.08 Å². The van der Waals surface area contributed by atoms with Crippen molar-refractivity contribution in [3.8, 4) is 11.5 Å². The van der Waals surface area contributed by atoms with E-state index >= 15 is 0 Å². The predicted octanol–water partition coefficient (Wildman–Crippen LogP) is 2.94. The summed E-state index contributed by atoms with van der Waals surface area (Å²) in [7, 11) is 3.01. The fourth-order valence-corrected chi connectivity index (χ4v) is 2.89. The van der Waals surface area contributed by atoms with E-state index in [9.17, 15) is 14.4 Å². The largest absolute Gasteiger partial charge is 0.493 e. The monoisotopic (exact) mass is 445 g/mol. The number of ether oxygens (including phenoxy) is 2. The summed E-state index contributed by atoms with van der Waals surface area (Å²) in [5.41, 5.74) is 5.91. The molecule has 3 aromatic carbocycles. The van der Waals surface area contributed by atoms with Gasteiger partial charge in [-0.1, -0.05) is 42.5 Å². The maximum Gasteiger partial charge on any atom is 0.286 e. The fourth-order valence-electron chi connectivity index (χ4n) is 2.89. The van der Waals surface area contributed by atoms with E-state index in [0.29, 0.717) is 28.2 Å². The summed E-state index contributed by atoms with van der Waals surface area (Å²) in [6, 6.07) is 21.9. The van der Waals surface area contributed by atoms with Gasteiger partial charge in [0.2, 0.25) is 0 Å². The minimum atomic E-state index is -0.710. The lowest BCUT2D eigenvalue weighted by atomic mass is 10.1. The summed E-state index contributed by atoms with van der Waals surface area (Å²) in [5, 5.41) is 2.60. The van der Waals surface area contributed by atoms with E-state index < -0.39 is 17.7 Å². The van der Waals surface area contributed by atoms with Gasteiger partial charge in [0.05, 0.1) is 14.2 Å². The smallest absolute Gasteiger partial charge is 0.286 e. The van der Waals surface area contributed by atoms with Gasteiger partial charge in [0.25, 0.3) is 17.7 Å². The first-order valence-electron chi connectivity index (χ1n) is 9.97. The van der Waals surface area contributed by atoms with Gasteiger partial charge < -0.3 is 14.8 Å². The minimum Gasteiger partial charge on any atom is -0.493 e. The topological polar surface area (TPSA) is 106 Å². The van der Waals surface area contributed by atoms with Crippen molar-refractivity contribution in [1.82, 2.24) is 16.2 Å². The molecule has 0 radical (unpaired) electrons. The van der Waals surface area contributed by atoms with E-state index in [1.54, 1.807) is 78.9 Å². The van der Waals surface area contributed by atoms with Crippen molar-refractivity contribution in [1.29, 1.82) is 0 Å². The third kappa shape index (κ3) is 6.20. The number of rotatable bonds is 7. The number of methoxy groups -OCH3 is 2. The van der Waals surface area contributed by atoms with Crippen LogP contribution in [0.1, 0.15) is 26.3 Å². The zero-order valence-corrected chi connectivity index (χ0v) is 18.1. The molecule has 8 nitrogen and oxygen atoms in total. The van der Waals surface area contributed by atoms with Gasteiger partial charge in [-0.2, -0.15) is 0 Å². The quantitative estimate of drug-likeness (QED) is 0.383. The first-order valence-corrected chi connectivity index (χ1v) is 9.97. The number of hydrogen-bond donors (Lipinski definition) is 3. The molecule has 0 aromatic heterocycles. The zero-order valence-electron chi connectivity index (χ0n) is 18.1. The van der Waals surface area contributed by atoms with Crippen LogP contribution in [0.4, 0.5) is 0 Å². The Morgan fingerprint density at radius 2 is 1.27 bits per heavy atom. The summed E-state index contributed by atoms with van der Waals surface area (Å²) in [4.78, 5) is 37.8. The molecule has 3 rings (SSSR count). The average Bonchev–Trinajstić information content (AvgIpc) is 2.87. The second kappa shape index (κ2) is 11.1. The van der Waals surface area contributed by atoms with Crippen LogP contribution in [-0.2, 0) is 4.79 Å². The highest BCUT2D eigenvalue weighted by Crippen LogP contribution is 2.28. The fraction of sp³-hybridized carbons (Fsp3) is 0.0800. The van der Waals surface area contributed by atoms with E-state index in [4.69, 9.17) is 9.47 Å². The Bertz CT molecular complexity index is 1160. The van der Waals surface area contributed by atoms with E-state index in [2.05, 4.69) is 16.2 Å². The molecule has 0 saturated carbocycles. The highest BCUT2D eigenvalue weighted by atomic mass is 16.5. The highest BCUT2D eigenvalue weighted by molar-refractivity contribution is 6.06. The lowest BCUT2D eigenvalue weighted by molar-refractivity contribution is -0.118. The average molecular weight is 445 g/mol. The van der Waals surface area contributed by atoms with Crippen molar-refractivity contribution in [2.24, 2.45) is 0 Å². The SMILES string of the molecule is COc1ccc(/C=C(/NC(=O)c2ccccc2)C(=O)NNC(=O)c2ccccc2)cc1OC. The molecule has 0 aliphatic rings. The molecule has 3 amide bonds. The van der Waals surface area contributed by atoms with E-state index in [0.717, 1.165) is 0 Å². The van der Waals surface area contributed by atoms with Crippen molar-refractivity contribution in [3.05, 3.63) is 101 Å². The number of amides is 3. The molecule has 0 unspecified atom stereocenters. The molecule has 0 aliphatic heterocycles. The molecular weight excluding hydrogens is 422 g/mol. The number of carbonyl (C=O) groups is 3. The van der Waals surface area contributed by atoms with Crippen molar-refractivity contribution < 1.29 is 23.9 Å². The van der Waals surface area contributed by atoms with E-state index in [-0.39, 0.29) is 5.70 Å². The summed E-state index contributed by atoms with van der Waals surface area (Å²) >= 11 is 0. The summed E-state index contributed by atoms with van der Waals surface area (Å²) in [6.45, 7) is 0. The molecule has 3 aromatic rings. The molecule has 0 saturated heterocycles. The van der Waals surface area contributed by atoms with Gasteiger partial charge in [-0.15, -0.1) is 0 Å². The van der Waals surface area contributed by atoms with Gasteiger partial charge in [0.1, 0.15) is 5.70 Å². The van der Waals surface area contributed by atoms with Crippen LogP contribution >= 0.6 is 0 Å². The van der Waals surface area contributed by atoms with Gasteiger partial charge in [0.15, 0.2) is 11.5 Å².